The highest BCUT2D eigenvalue weighted by Gasteiger charge is 2.24. The Balaban J connectivity index is 1.51. The van der Waals surface area contributed by atoms with Gasteiger partial charge in [0.2, 0.25) is 0 Å². The topological polar surface area (TPSA) is 36.9 Å². The molecule has 1 unspecified atom stereocenters. The van der Waals surface area contributed by atoms with Gasteiger partial charge in [-0.15, -0.1) is 0 Å². The summed E-state index contributed by atoms with van der Waals surface area (Å²) in [4.78, 5) is 0. The van der Waals surface area contributed by atoms with Crippen molar-refractivity contribution in [3.05, 3.63) is 83.4 Å². The van der Waals surface area contributed by atoms with Gasteiger partial charge in [-0.1, -0.05) is 36.4 Å². The van der Waals surface area contributed by atoms with Crippen LogP contribution in [0.3, 0.4) is 0 Å². The molecule has 144 valence electrons. The van der Waals surface area contributed by atoms with Gasteiger partial charge in [-0.25, -0.2) is 0 Å². The zero-order valence-electron chi connectivity index (χ0n) is 16.2. The molecule has 0 amide bonds. The van der Waals surface area contributed by atoms with E-state index < -0.39 is 0 Å². The molecule has 0 aliphatic carbocycles. The Hall–Kier alpha value is -3.14. The van der Waals surface area contributed by atoms with Crippen LogP contribution in [0.15, 0.2) is 66.7 Å². The van der Waals surface area contributed by atoms with Gasteiger partial charge in [-0.2, -0.15) is 0 Å². The average Bonchev–Trinajstić information content (AvgIpc) is 2.77. The monoisotopic (exact) mass is 376 g/mol. The van der Waals surface area contributed by atoms with Crippen molar-refractivity contribution in [1.29, 1.82) is 0 Å². The SMILES string of the molecule is COc1ccc(C2CCc3ccc(OCc4ccccc4)cc3O2)c(OC)c1. The fourth-order valence-electron chi connectivity index (χ4n) is 3.48. The quantitative estimate of drug-likeness (QED) is 0.581. The van der Waals surface area contributed by atoms with Crippen LogP contribution in [0.4, 0.5) is 0 Å². The van der Waals surface area contributed by atoms with Crippen LogP contribution < -0.4 is 18.9 Å². The molecule has 1 aliphatic rings. The molecule has 28 heavy (non-hydrogen) atoms. The van der Waals surface area contributed by atoms with E-state index in [9.17, 15) is 0 Å². The van der Waals surface area contributed by atoms with Crippen molar-refractivity contribution in [3.63, 3.8) is 0 Å². The number of hydrogen-bond donors (Lipinski definition) is 0. The summed E-state index contributed by atoms with van der Waals surface area (Å²) in [5, 5.41) is 0. The van der Waals surface area contributed by atoms with Crippen molar-refractivity contribution in [1.82, 2.24) is 0 Å². The second kappa shape index (κ2) is 8.26. The lowest BCUT2D eigenvalue weighted by atomic mass is 9.96. The molecule has 0 radical (unpaired) electrons. The van der Waals surface area contributed by atoms with Crippen molar-refractivity contribution in [2.45, 2.75) is 25.6 Å². The minimum Gasteiger partial charge on any atom is -0.497 e. The minimum absolute atomic E-state index is 0.0577. The molecular weight excluding hydrogens is 352 g/mol. The van der Waals surface area contributed by atoms with Crippen molar-refractivity contribution < 1.29 is 18.9 Å². The van der Waals surface area contributed by atoms with E-state index in [1.54, 1.807) is 14.2 Å². The van der Waals surface area contributed by atoms with Crippen molar-refractivity contribution in [3.8, 4) is 23.0 Å². The van der Waals surface area contributed by atoms with Crippen molar-refractivity contribution in [2.24, 2.45) is 0 Å². The minimum atomic E-state index is -0.0577. The Labute approximate surface area is 165 Å². The zero-order valence-corrected chi connectivity index (χ0v) is 16.2. The van der Waals surface area contributed by atoms with Gasteiger partial charge in [-0.05, 0) is 42.2 Å². The van der Waals surface area contributed by atoms with Gasteiger partial charge >= 0.3 is 0 Å². The summed E-state index contributed by atoms with van der Waals surface area (Å²) in [5.74, 6) is 3.24. The van der Waals surface area contributed by atoms with Gasteiger partial charge < -0.3 is 18.9 Å². The van der Waals surface area contributed by atoms with Crippen LogP contribution >= 0.6 is 0 Å². The van der Waals surface area contributed by atoms with Crippen molar-refractivity contribution >= 4 is 0 Å². The average molecular weight is 376 g/mol. The number of hydrogen-bond acceptors (Lipinski definition) is 4. The van der Waals surface area contributed by atoms with Crippen LogP contribution in [0, 0.1) is 0 Å². The molecule has 0 fully saturated rings. The van der Waals surface area contributed by atoms with E-state index in [0.717, 1.165) is 47.0 Å². The molecule has 0 saturated heterocycles. The summed E-state index contributed by atoms with van der Waals surface area (Å²) in [5.41, 5.74) is 3.38. The lowest BCUT2D eigenvalue weighted by Gasteiger charge is -2.28. The summed E-state index contributed by atoms with van der Waals surface area (Å²) in [7, 11) is 3.32. The second-order valence-corrected chi connectivity index (χ2v) is 6.80. The highest BCUT2D eigenvalue weighted by Crippen LogP contribution is 2.40. The normalized spacial score (nSPS) is 15.3. The van der Waals surface area contributed by atoms with Crippen LogP contribution in [0.5, 0.6) is 23.0 Å². The standard InChI is InChI=1S/C24H24O4/c1-25-19-11-12-21(24(14-19)26-2)22-13-9-18-8-10-20(15-23(18)28-22)27-16-17-6-4-3-5-7-17/h3-8,10-12,14-15,22H,9,13,16H2,1-2H3. The molecule has 3 aromatic carbocycles. The molecule has 4 nitrogen and oxygen atoms in total. The Kier molecular flexibility index (Phi) is 5.38. The largest absolute Gasteiger partial charge is 0.497 e. The number of methoxy groups -OCH3 is 2. The molecule has 0 saturated carbocycles. The molecular formula is C24H24O4. The molecule has 0 spiro atoms. The molecule has 4 heteroatoms. The second-order valence-electron chi connectivity index (χ2n) is 6.80. The molecule has 0 aromatic heterocycles. The summed E-state index contributed by atoms with van der Waals surface area (Å²) in [6.07, 6.45) is 1.80. The Morgan fingerprint density at radius 1 is 0.893 bits per heavy atom. The maximum Gasteiger partial charge on any atom is 0.129 e. The third-order valence-corrected chi connectivity index (χ3v) is 5.02. The van der Waals surface area contributed by atoms with E-state index in [2.05, 4.69) is 18.2 Å². The van der Waals surface area contributed by atoms with E-state index in [-0.39, 0.29) is 6.10 Å². The summed E-state index contributed by atoms with van der Waals surface area (Å²) >= 11 is 0. The van der Waals surface area contributed by atoms with Crippen LogP contribution in [-0.4, -0.2) is 14.2 Å². The Morgan fingerprint density at radius 3 is 2.50 bits per heavy atom. The smallest absolute Gasteiger partial charge is 0.129 e. The highest BCUT2D eigenvalue weighted by atomic mass is 16.5. The van der Waals surface area contributed by atoms with Gasteiger partial charge in [0.05, 0.1) is 14.2 Å². The fourth-order valence-corrected chi connectivity index (χ4v) is 3.48. The first-order valence-electron chi connectivity index (χ1n) is 9.45. The molecule has 1 atom stereocenters. The number of benzene rings is 3. The predicted octanol–water partition coefficient (Wildman–Crippen LogP) is 5.35. The van der Waals surface area contributed by atoms with Gasteiger partial charge in [0.25, 0.3) is 0 Å². The number of aryl methyl sites for hydroxylation is 1. The van der Waals surface area contributed by atoms with E-state index in [1.165, 1.54) is 5.56 Å². The molecule has 1 heterocycles. The first-order valence-corrected chi connectivity index (χ1v) is 9.45. The summed E-state index contributed by atoms with van der Waals surface area (Å²) in [6.45, 7) is 0.537. The third-order valence-electron chi connectivity index (χ3n) is 5.02. The van der Waals surface area contributed by atoms with Crippen LogP contribution in [-0.2, 0) is 13.0 Å². The van der Waals surface area contributed by atoms with Gasteiger partial charge in [0.15, 0.2) is 0 Å². The molecule has 4 rings (SSSR count). The van der Waals surface area contributed by atoms with E-state index >= 15 is 0 Å². The number of fused-ring (bicyclic) bond motifs is 1. The molecule has 0 bridgehead atoms. The summed E-state index contributed by atoms with van der Waals surface area (Å²) < 4.78 is 23.1. The molecule has 0 N–H and O–H groups in total. The maximum absolute atomic E-state index is 6.33. The van der Waals surface area contributed by atoms with Crippen LogP contribution in [0.1, 0.15) is 29.2 Å². The summed E-state index contributed by atoms with van der Waals surface area (Å²) in [6, 6.07) is 22.1. The van der Waals surface area contributed by atoms with Crippen LogP contribution in [0.25, 0.3) is 0 Å². The number of rotatable bonds is 6. The Morgan fingerprint density at radius 2 is 1.71 bits per heavy atom. The van der Waals surface area contributed by atoms with E-state index in [4.69, 9.17) is 18.9 Å². The maximum atomic E-state index is 6.33. The van der Waals surface area contributed by atoms with Crippen LogP contribution in [0.2, 0.25) is 0 Å². The number of ether oxygens (including phenoxy) is 4. The first-order chi connectivity index (χ1) is 13.8. The fraction of sp³-hybridized carbons (Fsp3) is 0.250. The lowest BCUT2D eigenvalue weighted by molar-refractivity contribution is 0.171. The first kappa shape index (κ1) is 18.2. The zero-order chi connectivity index (χ0) is 19.3. The predicted molar refractivity (Wildman–Crippen MR) is 108 cm³/mol. The van der Waals surface area contributed by atoms with Gasteiger partial charge in [-0.3, -0.25) is 0 Å². The van der Waals surface area contributed by atoms with E-state index in [1.807, 2.05) is 48.5 Å². The molecule has 3 aromatic rings. The van der Waals surface area contributed by atoms with Gasteiger partial charge in [0.1, 0.15) is 35.7 Å². The highest BCUT2D eigenvalue weighted by molar-refractivity contribution is 5.46. The van der Waals surface area contributed by atoms with Gasteiger partial charge in [0, 0.05) is 17.7 Å². The van der Waals surface area contributed by atoms with E-state index in [0.29, 0.717) is 6.61 Å². The third kappa shape index (κ3) is 3.91. The lowest BCUT2D eigenvalue weighted by Crippen LogP contribution is -2.16. The molecule has 1 aliphatic heterocycles. The Bertz CT molecular complexity index is 937. The van der Waals surface area contributed by atoms with Crippen molar-refractivity contribution in [2.75, 3.05) is 14.2 Å².